The van der Waals surface area contributed by atoms with Crippen molar-refractivity contribution in [1.82, 2.24) is 14.2 Å². The van der Waals surface area contributed by atoms with E-state index >= 15 is 0 Å². The molecule has 2 aliphatic heterocycles. The van der Waals surface area contributed by atoms with Gasteiger partial charge in [0.2, 0.25) is 10.0 Å². The van der Waals surface area contributed by atoms with E-state index in [9.17, 15) is 18.3 Å². The van der Waals surface area contributed by atoms with E-state index in [4.69, 9.17) is 0 Å². The molecule has 0 saturated carbocycles. The molecule has 1 aromatic heterocycles. The van der Waals surface area contributed by atoms with Crippen molar-refractivity contribution >= 4 is 26.9 Å². The summed E-state index contributed by atoms with van der Waals surface area (Å²) in [5.74, 6) is 6.06. The number of benzene rings is 3. The van der Waals surface area contributed by atoms with Gasteiger partial charge in [-0.1, -0.05) is 36.1 Å². The zero-order valence-electron chi connectivity index (χ0n) is 22.4. The number of carbonyl (C=O) groups is 1. The highest BCUT2D eigenvalue weighted by molar-refractivity contribution is 7.88. The van der Waals surface area contributed by atoms with Crippen molar-refractivity contribution in [2.75, 3.05) is 25.9 Å². The summed E-state index contributed by atoms with van der Waals surface area (Å²) in [6.45, 7) is 3.92. The van der Waals surface area contributed by atoms with Gasteiger partial charge in [-0.15, -0.1) is 0 Å². The monoisotopic (exact) mass is 553 g/mol. The fourth-order valence-corrected chi connectivity index (χ4v) is 6.82. The maximum absolute atomic E-state index is 12.1. The van der Waals surface area contributed by atoms with Gasteiger partial charge in [-0.3, -0.25) is 4.90 Å². The molecule has 0 aliphatic carbocycles. The first kappa shape index (κ1) is 26.3. The van der Waals surface area contributed by atoms with Crippen molar-refractivity contribution in [3.8, 4) is 23.0 Å². The molecule has 204 valence electrons. The average molecular weight is 554 g/mol. The molecule has 0 radical (unpaired) electrons. The molecule has 8 heteroatoms. The molecule has 1 saturated heterocycles. The van der Waals surface area contributed by atoms with E-state index in [0.717, 1.165) is 54.5 Å². The highest BCUT2D eigenvalue weighted by Gasteiger charge is 2.28. The summed E-state index contributed by atoms with van der Waals surface area (Å²) >= 11 is 0. The highest BCUT2D eigenvalue weighted by Crippen LogP contribution is 2.31. The quantitative estimate of drug-likeness (QED) is 0.342. The molecule has 2 N–H and O–H groups in total. The van der Waals surface area contributed by atoms with Gasteiger partial charge in [0.1, 0.15) is 0 Å². The van der Waals surface area contributed by atoms with E-state index in [-0.39, 0.29) is 5.56 Å². The average Bonchev–Trinajstić information content (AvgIpc) is 3.57. The fraction of sp³-hybridized carbons (Fsp3) is 0.281. The third-order valence-electron chi connectivity index (χ3n) is 8.03. The van der Waals surface area contributed by atoms with E-state index < -0.39 is 16.0 Å². The first-order valence-electron chi connectivity index (χ1n) is 13.5. The summed E-state index contributed by atoms with van der Waals surface area (Å²) in [5, 5.41) is 11.0. The number of nitrogens with one attached hydrogen (secondary N) is 1. The van der Waals surface area contributed by atoms with Gasteiger partial charge in [0.15, 0.2) is 0 Å². The molecule has 3 heterocycles. The number of carboxylic acid groups (broad SMARTS) is 1. The second kappa shape index (κ2) is 10.6. The van der Waals surface area contributed by atoms with Crippen LogP contribution in [0.15, 0.2) is 66.9 Å². The number of hydrogen-bond acceptors (Lipinski definition) is 4. The molecule has 6 rings (SSSR count). The minimum Gasteiger partial charge on any atom is -0.478 e. The third-order valence-corrected chi connectivity index (χ3v) is 9.34. The molecule has 2 aliphatic rings. The van der Waals surface area contributed by atoms with Crippen LogP contribution < -0.4 is 0 Å². The van der Waals surface area contributed by atoms with Crippen LogP contribution in [0.5, 0.6) is 0 Å². The summed E-state index contributed by atoms with van der Waals surface area (Å²) in [5.41, 5.74) is 6.73. The molecule has 7 nitrogen and oxygen atoms in total. The number of rotatable bonds is 5. The number of aromatic nitrogens is 1. The second-order valence-electron chi connectivity index (χ2n) is 10.8. The number of aromatic carboxylic acids is 1. The molecule has 0 spiro atoms. The predicted octanol–water partition coefficient (Wildman–Crippen LogP) is 4.92. The van der Waals surface area contributed by atoms with Crippen molar-refractivity contribution in [1.29, 1.82) is 0 Å². The lowest BCUT2D eigenvalue weighted by atomic mass is 9.93. The van der Waals surface area contributed by atoms with Gasteiger partial charge in [-0.05, 0) is 77.2 Å². The summed E-state index contributed by atoms with van der Waals surface area (Å²) in [6.07, 6.45) is 4.95. The molecule has 4 aromatic rings. The van der Waals surface area contributed by atoms with Gasteiger partial charge in [-0.25, -0.2) is 17.5 Å². The van der Waals surface area contributed by atoms with Crippen molar-refractivity contribution in [3.63, 3.8) is 0 Å². The number of H-pyrrole nitrogens is 1. The van der Waals surface area contributed by atoms with Crippen LogP contribution in [0.4, 0.5) is 0 Å². The summed E-state index contributed by atoms with van der Waals surface area (Å²) in [4.78, 5) is 17.7. The van der Waals surface area contributed by atoms with E-state index in [1.165, 1.54) is 17.4 Å². The zero-order valence-corrected chi connectivity index (χ0v) is 23.2. The lowest BCUT2D eigenvalue weighted by Gasteiger charge is -2.32. The maximum atomic E-state index is 12.1. The predicted molar refractivity (Wildman–Crippen MR) is 156 cm³/mol. The number of nitrogens with zero attached hydrogens (tertiary/aromatic N) is 2. The molecule has 0 bridgehead atoms. The highest BCUT2D eigenvalue weighted by atomic mass is 32.2. The summed E-state index contributed by atoms with van der Waals surface area (Å²) in [6, 6.07) is 19.4. The van der Waals surface area contributed by atoms with Crippen molar-refractivity contribution in [2.45, 2.75) is 25.9 Å². The summed E-state index contributed by atoms with van der Waals surface area (Å²) < 4.78 is 25.2. The standard InChI is InChI=1S/C32H31N3O4S/c1-40(38,39)35-15-12-23(13-16-35)19-34-20-27-8-6-22(17-28(27)21-34)5-7-25-3-2-4-29(32(36)37)31(25)26-10-9-24-11-14-33-30(24)18-26/h2-4,6,8-11,14,17-18,23,33H,12-13,15-16,19-21H2,1H3,(H,36,37). The van der Waals surface area contributed by atoms with E-state index in [0.29, 0.717) is 30.1 Å². The fourth-order valence-electron chi connectivity index (χ4n) is 5.95. The van der Waals surface area contributed by atoms with Gasteiger partial charge >= 0.3 is 5.97 Å². The smallest absolute Gasteiger partial charge is 0.336 e. The summed E-state index contributed by atoms with van der Waals surface area (Å²) in [7, 11) is -3.11. The normalized spacial score (nSPS) is 16.5. The second-order valence-corrected chi connectivity index (χ2v) is 12.8. The van der Waals surface area contributed by atoms with Gasteiger partial charge < -0.3 is 10.1 Å². The van der Waals surface area contributed by atoms with E-state index in [1.807, 2.05) is 42.6 Å². The van der Waals surface area contributed by atoms with E-state index in [1.54, 1.807) is 16.4 Å². The number of sulfonamides is 1. The van der Waals surface area contributed by atoms with Crippen molar-refractivity contribution in [2.24, 2.45) is 5.92 Å². The molecule has 0 amide bonds. The van der Waals surface area contributed by atoms with Gasteiger partial charge in [0, 0.05) is 61.1 Å². The van der Waals surface area contributed by atoms with Gasteiger partial charge in [-0.2, -0.15) is 0 Å². The Labute approximate surface area is 234 Å². The Bertz CT molecular complexity index is 1770. The Kier molecular flexibility index (Phi) is 6.97. The van der Waals surface area contributed by atoms with Crippen molar-refractivity contribution in [3.05, 3.63) is 94.7 Å². The first-order valence-corrected chi connectivity index (χ1v) is 15.3. The van der Waals surface area contributed by atoms with E-state index in [2.05, 4.69) is 33.9 Å². The van der Waals surface area contributed by atoms with Crippen LogP contribution >= 0.6 is 0 Å². The van der Waals surface area contributed by atoms with Crippen LogP contribution in [-0.4, -0.2) is 59.6 Å². The molecular weight excluding hydrogens is 522 g/mol. The SMILES string of the molecule is CS(=O)(=O)N1CCC(CN2Cc3ccc(C#Cc4cccc(C(=O)O)c4-c4ccc5cc[nH]c5c4)cc3C2)CC1. The Hall–Kier alpha value is -3.90. The van der Waals surface area contributed by atoms with Crippen LogP contribution in [-0.2, 0) is 23.1 Å². The number of hydrogen-bond donors (Lipinski definition) is 2. The lowest BCUT2D eigenvalue weighted by Crippen LogP contribution is -2.40. The Balaban J connectivity index is 1.21. The van der Waals surface area contributed by atoms with Gasteiger partial charge in [0.25, 0.3) is 0 Å². The van der Waals surface area contributed by atoms with Crippen LogP contribution in [0, 0.1) is 17.8 Å². The van der Waals surface area contributed by atoms with Crippen LogP contribution in [0.1, 0.15) is 45.5 Å². The Morgan fingerprint density at radius 3 is 2.58 bits per heavy atom. The minimum atomic E-state index is -3.11. The number of fused-ring (bicyclic) bond motifs is 2. The van der Waals surface area contributed by atoms with Gasteiger partial charge in [0.05, 0.1) is 11.8 Å². The number of carboxylic acids is 1. The minimum absolute atomic E-state index is 0.227. The molecular formula is C32H31N3O4S. The zero-order chi connectivity index (χ0) is 27.9. The van der Waals surface area contributed by atoms with Crippen molar-refractivity contribution < 1.29 is 18.3 Å². The number of piperidine rings is 1. The molecule has 0 unspecified atom stereocenters. The molecule has 40 heavy (non-hydrogen) atoms. The third kappa shape index (κ3) is 5.41. The maximum Gasteiger partial charge on any atom is 0.336 e. The number of aromatic amines is 1. The largest absolute Gasteiger partial charge is 0.478 e. The van der Waals surface area contributed by atoms with Crippen LogP contribution in [0.25, 0.3) is 22.0 Å². The van der Waals surface area contributed by atoms with Crippen LogP contribution in [0.3, 0.4) is 0 Å². The first-order chi connectivity index (χ1) is 19.2. The Morgan fingerprint density at radius 1 is 1.00 bits per heavy atom. The topological polar surface area (TPSA) is 93.7 Å². The Morgan fingerprint density at radius 2 is 1.80 bits per heavy atom. The van der Waals surface area contributed by atoms with Crippen LogP contribution in [0.2, 0.25) is 0 Å². The molecule has 0 atom stereocenters. The lowest BCUT2D eigenvalue weighted by molar-refractivity contribution is 0.0697. The molecule has 3 aromatic carbocycles. The molecule has 1 fully saturated rings.